The molecule has 2 rings (SSSR count). The Morgan fingerprint density at radius 3 is 3.12 bits per heavy atom. The summed E-state index contributed by atoms with van der Waals surface area (Å²) in [5, 5.41) is 0. The molecule has 0 spiro atoms. The highest BCUT2D eigenvalue weighted by Crippen LogP contribution is 2.25. The van der Waals surface area contributed by atoms with Gasteiger partial charge in [0.05, 0.1) is 0 Å². The summed E-state index contributed by atoms with van der Waals surface area (Å²) in [4.78, 5) is 6.76. The Bertz CT molecular complexity index is 366. The first kappa shape index (κ1) is 12.3. The lowest BCUT2D eigenvalue weighted by Gasteiger charge is -2.38. The molecular formula is C13H22N4. The first-order chi connectivity index (χ1) is 8.22. The van der Waals surface area contributed by atoms with Crippen LogP contribution in [0.25, 0.3) is 0 Å². The van der Waals surface area contributed by atoms with Gasteiger partial charge >= 0.3 is 0 Å². The van der Waals surface area contributed by atoms with E-state index in [9.17, 15) is 0 Å². The van der Waals surface area contributed by atoms with Gasteiger partial charge in [-0.05, 0) is 38.3 Å². The van der Waals surface area contributed by atoms with E-state index in [1.165, 1.54) is 24.9 Å². The van der Waals surface area contributed by atoms with Gasteiger partial charge in [0.25, 0.3) is 0 Å². The molecule has 0 bridgehead atoms. The minimum absolute atomic E-state index is 0.634. The van der Waals surface area contributed by atoms with Crippen molar-refractivity contribution < 1.29 is 0 Å². The Hall–Kier alpha value is -1.13. The van der Waals surface area contributed by atoms with Gasteiger partial charge in [0.1, 0.15) is 5.82 Å². The van der Waals surface area contributed by atoms with E-state index in [0.717, 1.165) is 18.3 Å². The van der Waals surface area contributed by atoms with E-state index in [1.807, 2.05) is 6.07 Å². The average Bonchev–Trinajstić information content (AvgIpc) is 2.35. The Morgan fingerprint density at radius 1 is 1.53 bits per heavy atom. The quantitative estimate of drug-likeness (QED) is 0.620. The molecular weight excluding hydrogens is 212 g/mol. The number of piperidine rings is 1. The van der Waals surface area contributed by atoms with Crippen molar-refractivity contribution >= 4 is 5.82 Å². The third kappa shape index (κ3) is 2.76. The fourth-order valence-electron chi connectivity index (χ4n) is 2.56. The number of likely N-dealkylation sites (tertiary alicyclic amines) is 1. The van der Waals surface area contributed by atoms with E-state index in [4.69, 9.17) is 5.84 Å². The van der Waals surface area contributed by atoms with Gasteiger partial charge in [-0.1, -0.05) is 13.0 Å². The third-order valence-electron chi connectivity index (χ3n) is 3.91. The van der Waals surface area contributed by atoms with Gasteiger partial charge < -0.3 is 5.43 Å². The predicted octanol–water partition coefficient (Wildman–Crippen LogP) is 1.99. The van der Waals surface area contributed by atoms with Crippen molar-refractivity contribution in [3.8, 4) is 0 Å². The molecule has 0 saturated carbocycles. The molecule has 0 aliphatic carbocycles. The maximum absolute atomic E-state index is 5.49. The molecule has 3 N–H and O–H groups in total. The monoisotopic (exact) mass is 234 g/mol. The van der Waals surface area contributed by atoms with Crippen molar-refractivity contribution in [1.82, 2.24) is 9.88 Å². The highest BCUT2D eigenvalue weighted by atomic mass is 15.3. The first-order valence-electron chi connectivity index (χ1n) is 6.37. The lowest BCUT2D eigenvalue weighted by molar-refractivity contribution is 0.106. The normalized spacial score (nSPS) is 25.8. The Balaban J connectivity index is 2.09. The van der Waals surface area contributed by atoms with Crippen LogP contribution in [0.2, 0.25) is 0 Å². The zero-order valence-electron chi connectivity index (χ0n) is 10.7. The third-order valence-corrected chi connectivity index (χ3v) is 3.91. The van der Waals surface area contributed by atoms with Crippen molar-refractivity contribution in [1.29, 1.82) is 0 Å². The second-order valence-electron chi connectivity index (χ2n) is 4.99. The van der Waals surface area contributed by atoms with E-state index in [-0.39, 0.29) is 0 Å². The van der Waals surface area contributed by atoms with Crippen molar-refractivity contribution in [2.75, 3.05) is 12.0 Å². The molecule has 17 heavy (non-hydrogen) atoms. The lowest BCUT2D eigenvalue weighted by atomic mass is 9.92. The van der Waals surface area contributed by atoms with Crippen LogP contribution in [0.15, 0.2) is 18.3 Å². The number of hydrogen-bond donors (Lipinski definition) is 2. The van der Waals surface area contributed by atoms with E-state index >= 15 is 0 Å². The molecule has 0 aromatic carbocycles. The highest BCUT2D eigenvalue weighted by Gasteiger charge is 2.25. The predicted molar refractivity (Wildman–Crippen MR) is 70.3 cm³/mol. The molecule has 0 amide bonds. The molecule has 4 heteroatoms. The van der Waals surface area contributed by atoms with E-state index in [2.05, 4.69) is 35.2 Å². The summed E-state index contributed by atoms with van der Waals surface area (Å²) in [6.45, 7) is 6.75. The minimum atomic E-state index is 0.634. The summed E-state index contributed by atoms with van der Waals surface area (Å²) in [6, 6.07) is 4.69. The van der Waals surface area contributed by atoms with Gasteiger partial charge in [-0.3, -0.25) is 4.90 Å². The van der Waals surface area contributed by atoms with Crippen molar-refractivity contribution in [3.63, 3.8) is 0 Å². The summed E-state index contributed by atoms with van der Waals surface area (Å²) in [5.41, 5.74) is 3.85. The largest absolute Gasteiger partial charge is 0.308 e. The summed E-state index contributed by atoms with van der Waals surface area (Å²) in [7, 11) is 0. The van der Waals surface area contributed by atoms with Crippen molar-refractivity contribution in [2.45, 2.75) is 39.3 Å². The number of hydrazine groups is 1. The molecule has 1 aliphatic rings. The SMILES string of the molecule is CC1CCCN(Cc2cccnc2NN)C1C. The summed E-state index contributed by atoms with van der Waals surface area (Å²) < 4.78 is 0. The molecule has 0 radical (unpaired) electrons. The van der Waals surface area contributed by atoms with E-state index in [0.29, 0.717) is 6.04 Å². The standard InChI is InChI=1S/C13H22N4/c1-10-5-4-8-17(11(10)2)9-12-6-3-7-15-13(12)16-14/h3,6-7,10-11H,4-5,8-9,14H2,1-2H3,(H,15,16). The number of anilines is 1. The molecule has 1 aromatic heterocycles. The van der Waals surface area contributed by atoms with Gasteiger partial charge in [-0.2, -0.15) is 0 Å². The molecule has 1 aromatic rings. The molecule has 94 valence electrons. The number of nitrogen functional groups attached to an aromatic ring is 1. The topological polar surface area (TPSA) is 54.2 Å². The molecule has 2 unspecified atom stereocenters. The molecule has 2 heterocycles. The van der Waals surface area contributed by atoms with E-state index < -0.39 is 0 Å². The van der Waals surface area contributed by atoms with Crippen molar-refractivity contribution in [2.24, 2.45) is 11.8 Å². The van der Waals surface area contributed by atoms with Crippen LogP contribution < -0.4 is 11.3 Å². The van der Waals surface area contributed by atoms with Crippen LogP contribution in [0.3, 0.4) is 0 Å². The molecule has 1 fully saturated rings. The van der Waals surface area contributed by atoms with Gasteiger partial charge in [0, 0.05) is 24.3 Å². The van der Waals surface area contributed by atoms with Gasteiger partial charge in [0.2, 0.25) is 0 Å². The maximum atomic E-state index is 5.49. The second kappa shape index (κ2) is 5.47. The summed E-state index contributed by atoms with van der Waals surface area (Å²) >= 11 is 0. The van der Waals surface area contributed by atoms with Crippen LogP contribution in [-0.2, 0) is 6.54 Å². The fourth-order valence-corrected chi connectivity index (χ4v) is 2.56. The Labute approximate surface area is 103 Å². The lowest BCUT2D eigenvalue weighted by Crippen LogP contribution is -2.41. The number of hydrogen-bond acceptors (Lipinski definition) is 4. The average molecular weight is 234 g/mol. The number of pyridine rings is 1. The highest BCUT2D eigenvalue weighted by molar-refractivity contribution is 5.42. The van der Waals surface area contributed by atoms with Crippen LogP contribution in [0.4, 0.5) is 5.82 Å². The molecule has 2 atom stereocenters. The van der Waals surface area contributed by atoms with Crippen LogP contribution >= 0.6 is 0 Å². The Morgan fingerprint density at radius 2 is 2.35 bits per heavy atom. The smallest absolute Gasteiger partial charge is 0.144 e. The number of aromatic nitrogens is 1. The molecule has 1 saturated heterocycles. The number of nitrogens with two attached hydrogens (primary N) is 1. The summed E-state index contributed by atoms with van der Waals surface area (Å²) in [6.07, 6.45) is 4.39. The van der Waals surface area contributed by atoms with Crippen LogP contribution in [0.1, 0.15) is 32.3 Å². The summed E-state index contributed by atoms with van der Waals surface area (Å²) in [5.74, 6) is 7.05. The van der Waals surface area contributed by atoms with Crippen LogP contribution in [-0.4, -0.2) is 22.5 Å². The van der Waals surface area contributed by atoms with Gasteiger partial charge in [0.15, 0.2) is 0 Å². The number of rotatable bonds is 3. The van der Waals surface area contributed by atoms with Gasteiger partial charge in [-0.15, -0.1) is 0 Å². The first-order valence-corrected chi connectivity index (χ1v) is 6.37. The minimum Gasteiger partial charge on any atom is -0.308 e. The fraction of sp³-hybridized carbons (Fsp3) is 0.615. The van der Waals surface area contributed by atoms with Gasteiger partial charge in [-0.25, -0.2) is 10.8 Å². The van der Waals surface area contributed by atoms with E-state index in [1.54, 1.807) is 6.20 Å². The number of nitrogens with one attached hydrogen (secondary N) is 1. The molecule has 1 aliphatic heterocycles. The Kier molecular flexibility index (Phi) is 3.97. The van der Waals surface area contributed by atoms with Crippen LogP contribution in [0, 0.1) is 5.92 Å². The maximum Gasteiger partial charge on any atom is 0.144 e. The zero-order valence-corrected chi connectivity index (χ0v) is 10.7. The second-order valence-corrected chi connectivity index (χ2v) is 4.99. The molecule has 4 nitrogen and oxygen atoms in total. The van der Waals surface area contributed by atoms with Crippen molar-refractivity contribution in [3.05, 3.63) is 23.9 Å². The zero-order chi connectivity index (χ0) is 12.3. The number of nitrogens with zero attached hydrogens (tertiary/aromatic N) is 2. The van der Waals surface area contributed by atoms with Crippen LogP contribution in [0.5, 0.6) is 0 Å².